The largest absolute Gasteiger partial charge is 0.330 e. The lowest BCUT2D eigenvalue weighted by Crippen LogP contribution is -2.12. The Morgan fingerprint density at radius 3 is 2.20 bits per heavy atom. The average Bonchev–Trinajstić information content (AvgIpc) is 3.08. The third-order valence-electron chi connectivity index (χ3n) is 4.65. The van der Waals surface area contributed by atoms with Crippen molar-refractivity contribution in [2.75, 3.05) is 6.54 Å². The van der Waals surface area contributed by atoms with E-state index in [0.29, 0.717) is 6.54 Å². The molecule has 0 aliphatic rings. The van der Waals surface area contributed by atoms with Crippen LogP contribution in [-0.4, -0.2) is 15.9 Å². The van der Waals surface area contributed by atoms with Crippen LogP contribution in [0, 0.1) is 0 Å². The zero-order valence-electron chi connectivity index (χ0n) is 14.3. The van der Waals surface area contributed by atoms with Crippen LogP contribution in [0.4, 0.5) is 0 Å². The Hall–Kier alpha value is -2.91. The number of hydrogen-bond donors (Lipinski definition) is 1. The van der Waals surface area contributed by atoms with E-state index in [2.05, 4.69) is 66.1 Å². The molecule has 0 saturated heterocycles. The molecule has 124 valence electrons. The molecule has 3 nitrogen and oxygen atoms in total. The Morgan fingerprint density at radius 2 is 1.48 bits per heavy atom. The van der Waals surface area contributed by atoms with E-state index in [1.54, 1.807) is 0 Å². The minimum atomic E-state index is 0.237. The van der Waals surface area contributed by atoms with Gasteiger partial charge in [-0.2, -0.15) is 0 Å². The van der Waals surface area contributed by atoms with Gasteiger partial charge in [0.1, 0.15) is 5.65 Å². The number of benzene rings is 2. The van der Waals surface area contributed by atoms with Gasteiger partial charge in [0.25, 0.3) is 0 Å². The number of imidazole rings is 1. The van der Waals surface area contributed by atoms with Gasteiger partial charge in [0.2, 0.25) is 0 Å². The van der Waals surface area contributed by atoms with Gasteiger partial charge in [-0.15, -0.1) is 0 Å². The molecule has 0 bridgehead atoms. The van der Waals surface area contributed by atoms with Gasteiger partial charge in [0, 0.05) is 24.2 Å². The summed E-state index contributed by atoms with van der Waals surface area (Å²) in [6, 6.07) is 25.1. The second kappa shape index (κ2) is 6.54. The first-order valence-electron chi connectivity index (χ1n) is 8.61. The van der Waals surface area contributed by atoms with Crippen molar-refractivity contribution in [2.24, 2.45) is 5.73 Å². The molecule has 0 amide bonds. The summed E-state index contributed by atoms with van der Waals surface area (Å²) in [6.07, 6.45) is 2.06. The van der Waals surface area contributed by atoms with Gasteiger partial charge in [0.15, 0.2) is 0 Å². The van der Waals surface area contributed by atoms with Gasteiger partial charge in [-0.1, -0.05) is 67.6 Å². The third kappa shape index (κ3) is 2.83. The fourth-order valence-electron chi connectivity index (χ4n) is 3.26. The molecule has 2 aromatic heterocycles. The molecule has 1 unspecified atom stereocenters. The molecule has 3 heteroatoms. The van der Waals surface area contributed by atoms with Crippen LogP contribution in [0.25, 0.3) is 28.0 Å². The van der Waals surface area contributed by atoms with E-state index in [0.717, 1.165) is 16.9 Å². The van der Waals surface area contributed by atoms with E-state index in [-0.39, 0.29) is 5.92 Å². The van der Waals surface area contributed by atoms with E-state index in [4.69, 9.17) is 10.7 Å². The van der Waals surface area contributed by atoms with Crippen molar-refractivity contribution >= 4 is 5.65 Å². The maximum absolute atomic E-state index is 5.96. The highest BCUT2D eigenvalue weighted by Crippen LogP contribution is 2.31. The van der Waals surface area contributed by atoms with Crippen LogP contribution in [0.1, 0.15) is 18.5 Å². The molecule has 0 spiro atoms. The fourth-order valence-corrected chi connectivity index (χ4v) is 3.26. The van der Waals surface area contributed by atoms with Crippen LogP contribution in [0.5, 0.6) is 0 Å². The van der Waals surface area contributed by atoms with Crippen LogP contribution in [0.3, 0.4) is 0 Å². The molecule has 0 fully saturated rings. The molecule has 25 heavy (non-hydrogen) atoms. The first-order chi connectivity index (χ1) is 12.3. The van der Waals surface area contributed by atoms with Crippen LogP contribution in [0.15, 0.2) is 79.0 Å². The molecule has 0 saturated carbocycles. The standard InChI is InChI=1S/C22H21N3/c1-16(15-23)22-21(24-20-9-5-6-14-25(20)22)19-12-10-18(11-13-19)17-7-3-2-4-8-17/h2-14,16H,15,23H2,1H3. The molecule has 4 aromatic rings. The van der Waals surface area contributed by atoms with Crippen molar-refractivity contribution in [3.8, 4) is 22.4 Å². The molecule has 2 aromatic carbocycles. The highest BCUT2D eigenvalue weighted by atomic mass is 15.0. The maximum atomic E-state index is 5.96. The Morgan fingerprint density at radius 1 is 0.840 bits per heavy atom. The molecule has 0 radical (unpaired) electrons. The Balaban J connectivity index is 1.82. The van der Waals surface area contributed by atoms with Crippen LogP contribution < -0.4 is 5.73 Å². The summed E-state index contributed by atoms with van der Waals surface area (Å²) < 4.78 is 2.15. The molecule has 4 rings (SSSR count). The van der Waals surface area contributed by atoms with Crippen LogP contribution in [-0.2, 0) is 0 Å². The zero-order chi connectivity index (χ0) is 17.2. The van der Waals surface area contributed by atoms with E-state index in [1.165, 1.54) is 16.8 Å². The highest BCUT2D eigenvalue weighted by Gasteiger charge is 2.18. The number of aromatic nitrogens is 2. The Labute approximate surface area is 147 Å². The number of pyridine rings is 1. The highest BCUT2D eigenvalue weighted by molar-refractivity contribution is 5.72. The molecule has 2 heterocycles. The number of nitrogens with zero attached hydrogens (tertiary/aromatic N) is 2. The Kier molecular flexibility index (Phi) is 4.08. The Bertz CT molecular complexity index is 985. The molecule has 0 aliphatic heterocycles. The van der Waals surface area contributed by atoms with Crippen molar-refractivity contribution < 1.29 is 0 Å². The summed E-state index contributed by atoms with van der Waals surface area (Å²) in [4.78, 5) is 4.86. The summed E-state index contributed by atoms with van der Waals surface area (Å²) in [5.41, 5.74) is 12.7. The van der Waals surface area contributed by atoms with E-state index in [9.17, 15) is 0 Å². The summed E-state index contributed by atoms with van der Waals surface area (Å²) in [5.74, 6) is 0.237. The third-order valence-corrected chi connectivity index (χ3v) is 4.65. The second-order valence-corrected chi connectivity index (χ2v) is 6.35. The molecular formula is C22H21N3. The second-order valence-electron chi connectivity index (χ2n) is 6.35. The SMILES string of the molecule is CC(CN)c1c(-c2ccc(-c3ccccc3)cc2)nc2ccccn12. The summed E-state index contributed by atoms with van der Waals surface area (Å²) in [6.45, 7) is 2.75. The van der Waals surface area contributed by atoms with Crippen LogP contribution >= 0.6 is 0 Å². The minimum absolute atomic E-state index is 0.237. The van der Waals surface area contributed by atoms with Gasteiger partial charge in [-0.25, -0.2) is 4.98 Å². The first-order valence-corrected chi connectivity index (χ1v) is 8.61. The maximum Gasteiger partial charge on any atom is 0.137 e. The van der Waals surface area contributed by atoms with Gasteiger partial charge >= 0.3 is 0 Å². The molecule has 0 aliphatic carbocycles. The van der Waals surface area contributed by atoms with E-state index < -0.39 is 0 Å². The van der Waals surface area contributed by atoms with Gasteiger partial charge in [-0.05, 0) is 23.3 Å². The number of hydrogen-bond acceptors (Lipinski definition) is 2. The smallest absolute Gasteiger partial charge is 0.137 e. The number of rotatable bonds is 4. The van der Waals surface area contributed by atoms with Crippen molar-refractivity contribution in [3.63, 3.8) is 0 Å². The van der Waals surface area contributed by atoms with Crippen molar-refractivity contribution in [3.05, 3.63) is 84.7 Å². The zero-order valence-corrected chi connectivity index (χ0v) is 14.3. The van der Waals surface area contributed by atoms with Crippen molar-refractivity contribution in [2.45, 2.75) is 12.8 Å². The van der Waals surface area contributed by atoms with E-state index in [1.807, 2.05) is 24.3 Å². The lowest BCUT2D eigenvalue weighted by atomic mass is 9.99. The summed E-state index contributed by atoms with van der Waals surface area (Å²) in [7, 11) is 0. The van der Waals surface area contributed by atoms with Crippen LogP contribution in [0.2, 0.25) is 0 Å². The van der Waals surface area contributed by atoms with Gasteiger partial charge in [-0.3, -0.25) is 0 Å². The topological polar surface area (TPSA) is 43.3 Å². The molecule has 2 N–H and O–H groups in total. The molecule has 1 atom stereocenters. The first kappa shape index (κ1) is 15.6. The monoisotopic (exact) mass is 327 g/mol. The lowest BCUT2D eigenvalue weighted by Gasteiger charge is -2.12. The van der Waals surface area contributed by atoms with Gasteiger partial charge < -0.3 is 10.1 Å². The van der Waals surface area contributed by atoms with Crippen molar-refractivity contribution in [1.82, 2.24) is 9.38 Å². The van der Waals surface area contributed by atoms with Gasteiger partial charge in [0.05, 0.1) is 11.4 Å². The minimum Gasteiger partial charge on any atom is -0.330 e. The normalized spacial score (nSPS) is 12.4. The predicted octanol–water partition coefficient (Wildman–Crippen LogP) is 4.73. The quantitative estimate of drug-likeness (QED) is 0.589. The predicted molar refractivity (Wildman–Crippen MR) is 104 cm³/mol. The fraction of sp³-hybridized carbons (Fsp3) is 0.136. The summed E-state index contributed by atoms with van der Waals surface area (Å²) in [5, 5.41) is 0. The molecular weight excluding hydrogens is 306 g/mol. The lowest BCUT2D eigenvalue weighted by molar-refractivity contribution is 0.738. The van der Waals surface area contributed by atoms with Crippen molar-refractivity contribution in [1.29, 1.82) is 0 Å². The summed E-state index contributed by atoms with van der Waals surface area (Å²) >= 11 is 0. The number of fused-ring (bicyclic) bond motifs is 1. The average molecular weight is 327 g/mol. The number of nitrogens with two attached hydrogens (primary N) is 1. The van der Waals surface area contributed by atoms with E-state index >= 15 is 0 Å².